The molecule has 0 spiro atoms. The molecule has 0 radical (unpaired) electrons. The van der Waals surface area contributed by atoms with Crippen LogP contribution >= 0.6 is 0 Å². The highest BCUT2D eigenvalue weighted by Crippen LogP contribution is 2.25. The molecule has 2 amide bonds. The van der Waals surface area contributed by atoms with Crippen molar-refractivity contribution in [3.8, 4) is 0 Å². The molecule has 7 heteroatoms. The maximum absolute atomic E-state index is 12.4. The number of ether oxygens (including phenoxy) is 1. The molecule has 7 nitrogen and oxygen atoms in total. The van der Waals surface area contributed by atoms with Crippen LogP contribution in [0.2, 0.25) is 0 Å². The standard InChI is InChI=1S/C18H26N2O5/c1-4-8-25-18(24)20-7-5-6-13(20)9-11(2)15(22)10-14-16(12(3)21)17(23)19-14/h4,9,12-14,16,21H,1,5-8,10H2,2-3H3,(H,19,23)/b11-9+/t12-,13+,14-,16-/m1/s1. The molecule has 25 heavy (non-hydrogen) atoms. The van der Waals surface area contributed by atoms with Crippen molar-refractivity contribution < 1.29 is 24.2 Å². The number of aliphatic hydroxyl groups is 1. The number of nitrogens with zero attached hydrogens (tertiary/aromatic N) is 1. The van der Waals surface area contributed by atoms with Crippen LogP contribution in [0.5, 0.6) is 0 Å². The molecule has 2 saturated heterocycles. The van der Waals surface area contributed by atoms with E-state index in [1.807, 2.05) is 0 Å². The van der Waals surface area contributed by atoms with E-state index in [4.69, 9.17) is 4.74 Å². The van der Waals surface area contributed by atoms with Crippen molar-refractivity contribution in [3.05, 3.63) is 24.3 Å². The number of likely N-dealkylation sites (tertiary alicyclic amines) is 1. The molecular formula is C18H26N2O5. The molecule has 138 valence electrons. The molecule has 0 aromatic heterocycles. The lowest BCUT2D eigenvalue weighted by atomic mass is 9.82. The van der Waals surface area contributed by atoms with E-state index in [-0.39, 0.29) is 36.8 Å². The van der Waals surface area contributed by atoms with Gasteiger partial charge in [0.25, 0.3) is 0 Å². The number of aliphatic hydroxyl groups excluding tert-OH is 1. The first-order valence-electron chi connectivity index (χ1n) is 8.59. The maximum atomic E-state index is 12.4. The van der Waals surface area contributed by atoms with Crippen LogP contribution in [-0.4, -0.2) is 59.1 Å². The Bertz CT molecular complexity index is 584. The molecule has 2 rings (SSSR count). The summed E-state index contributed by atoms with van der Waals surface area (Å²) in [5.74, 6) is -0.850. The molecule has 4 atom stereocenters. The first kappa shape index (κ1) is 19.2. The van der Waals surface area contributed by atoms with E-state index in [0.29, 0.717) is 12.1 Å². The molecule has 2 aliphatic rings. The highest BCUT2D eigenvalue weighted by Gasteiger charge is 2.43. The van der Waals surface area contributed by atoms with Crippen LogP contribution < -0.4 is 5.32 Å². The van der Waals surface area contributed by atoms with Gasteiger partial charge in [0.15, 0.2) is 5.78 Å². The normalized spacial score (nSPS) is 27.3. The van der Waals surface area contributed by atoms with Gasteiger partial charge in [0.1, 0.15) is 6.61 Å². The molecule has 0 aromatic carbocycles. The Morgan fingerprint density at radius 1 is 1.52 bits per heavy atom. The number of Topliss-reactive ketones (excluding diaryl/α,β-unsaturated/α-hetero) is 1. The van der Waals surface area contributed by atoms with Gasteiger partial charge in [0.05, 0.1) is 24.1 Å². The first-order valence-corrected chi connectivity index (χ1v) is 8.59. The average molecular weight is 350 g/mol. The number of ketones is 1. The molecule has 0 unspecified atom stereocenters. The number of carbonyl (C=O) groups is 3. The third-order valence-electron chi connectivity index (χ3n) is 4.73. The number of hydrogen-bond donors (Lipinski definition) is 2. The highest BCUT2D eigenvalue weighted by molar-refractivity contribution is 5.97. The van der Waals surface area contributed by atoms with Crippen molar-refractivity contribution in [2.24, 2.45) is 5.92 Å². The number of carbonyl (C=O) groups excluding carboxylic acids is 3. The lowest BCUT2D eigenvalue weighted by Crippen LogP contribution is -2.62. The van der Waals surface area contributed by atoms with Gasteiger partial charge in [-0.2, -0.15) is 0 Å². The van der Waals surface area contributed by atoms with Crippen LogP contribution in [0.3, 0.4) is 0 Å². The first-order chi connectivity index (χ1) is 11.8. The quantitative estimate of drug-likeness (QED) is 0.408. The zero-order valence-corrected chi connectivity index (χ0v) is 14.7. The largest absolute Gasteiger partial charge is 0.445 e. The summed E-state index contributed by atoms with van der Waals surface area (Å²) in [5, 5.41) is 12.3. The molecular weight excluding hydrogens is 324 g/mol. The van der Waals surface area contributed by atoms with E-state index in [0.717, 1.165) is 12.8 Å². The van der Waals surface area contributed by atoms with Gasteiger partial charge >= 0.3 is 6.09 Å². The summed E-state index contributed by atoms with van der Waals surface area (Å²) in [6, 6.07) is -0.495. The van der Waals surface area contributed by atoms with Gasteiger partial charge in [-0.05, 0) is 32.3 Å². The monoisotopic (exact) mass is 350 g/mol. The lowest BCUT2D eigenvalue weighted by molar-refractivity contribution is -0.141. The van der Waals surface area contributed by atoms with Gasteiger partial charge in [-0.25, -0.2) is 4.79 Å². The van der Waals surface area contributed by atoms with Crippen molar-refractivity contribution in [1.82, 2.24) is 10.2 Å². The number of β-lactam (4-membered cyclic amide) rings is 1. The van der Waals surface area contributed by atoms with E-state index in [2.05, 4.69) is 11.9 Å². The SMILES string of the molecule is C=CCOC(=O)N1CCC[C@H]1/C=C(\C)C(=O)C[C@H]1NC(=O)[C@@H]1[C@@H](C)O. The maximum Gasteiger partial charge on any atom is 0.410 e. The van der Waals surface area contributed by atoms with Crippen molar-refractivity contribution in [1.29, 1.82) is 0 Å². The molecule has 0 bridgehead atoms. The number of hydrogen-bond acceptors (Lipinski definition) is 5. The van der Waals surface area contributed by atoms with Crippen molar-refractivity contribution in [3.63, 3.8) is 0 Å². The van der Waals surface area contributed by atoms with Crippen LogP contribution in [0.1, 0.15) is 33.1 Å². The zero-order valence-electron chi connectivity index (χ0n) is 14.7. The molecule has 2 N–H and O–H groups in total. The Morgan fingerprint density at radius 3 is 2.84 bits per heavy atom. The minimum atomic E-state index is -0.777. The van der Waals surface area contributed by atoms with Crippen molar-refractivity contribution >= 4 is 17.8 Å². The lowest BCUT2D eigenvalue weighted by Gasteiger charge is -2.38. The van der Waals surface area contributed by atoms with Crippen LogP contribution in [-0.2, 0) is 14.3 Å². The Kier molecular flexibility index (Phi) is 6.36. The number of allylic oxidation sites excluding steroid dienone is 1. The number of nitrogens with one attached hydrogen (secondary N) is 1. The van der Waals surface area contributed by atoms with Crippen LogP contribution in [0, 0.1) is 5.92 Å². The van der Waals surface area contributed by atoms with Crippen molar-refractivity contribution in [2.45, 2.75) is 51.3 Å². The number of amides is 2. The van der Waals surface area contributed by atoms with Gasteiger partial charge in [0.2, 0.25) is 5.91 Å². The fourth-order valence-corrected chi connectivity index (χ4v) is 3.34. The molecule has 2 fully saturated rings. The van der Waals surface area contributed by atoms with Crippen molar-refractivity contribution in [2.75, 3.05) is 13.2 Å². The second-order valence-corrected chi connectivity index (χ2v) is 6.63. The molecule has 0 aliphatic carbocycles. The van der Waals surface area contributed by atoms with E-state index < -0.39 is 18.1 Å². The smallest absolute Gasteiger partial charge is 0.410 e. The summed E-state index contributed by atoms with van der Waals surface area (Å²) in [6.07, 6.45) is 3.91. The fourth-order valence-electron chi connectivity index (χ4n) is 3.34. The summed E-state index contributed by atoms with van der Waals surface area (Å²) in [5.41, 5.74) is 0.555. The summed E-state index contributed by atoms with van der Waals surface area (Å²) >= 11 is 0. The van der Waals surface area contributed by atoms with E-state index in [9.17, 15) is 19.5 Å². The predicted molar refractivity (Wildman–Crippen MR) is 91.8 cm³/mol. The van der Waals surface area contributed by atoms with Gasteiger partial charge in [0, 0.05) is 13.0 Å². The summed E-state index contributed by atoms with van der Waals surface area (Å²) in [6.45, 7) is 7.54. The van der Waals surface area contributed by atoms with Crippen LogP contribution in [0.4, 0.5) is 4.79 Å². The molecule has 0 aromatic rings. The fraction of sp³-hybridized carbons (Fsp3) is 0.611. The second kappa shape index (κ2) is 8.29. The Balaban J connectivity index is 1.95. The Morgan fingerprint density at radius 2 is 2.24 bits per heavy atom. The third kappa shape index (κ3) is 4.48. The highest BCUT2D eigenvalue weighted by atomic mass is 16.6. The van der Waals surface area contributed by atoms with E-state index in [1.54, 1.807) is 24.8 Å². The van der Waals surface area contributed by atoms with Crippen LogP contribution in [0.25, 0.3) is 0 Å². The topological polar surface area (TPSA) is 95.9 Å². The summed E-state index contributed by atoms with van der Waals surface area (Å²) in [7, 11) is 0. The second-order valence-electron chi connectivity index (χ2n) is 6.63. The Labute approximate surface area is 147 Å². The zero-order chi connectivity index (χ0) is 18.6. The molecule has 2 aliphatic heterocycles. The molecule has 2 heterocycles. The predicted octanol–water partition coefficient (Wildman–Crippen LogP) is 1.17. The number of rotatable bonds is 7. The Hall–Kier alpha value is -2.15. The summed E-state index contributed by atoms with van der Waals surface area (Å²) in [4.78, 5) is 37.5. The molecule has 0 saturated carbocycles. The average Bonchev–Trinajstić information content (AvgIpc) is 2.99. The van der Waals surface area contributed by atoms with E-state index in [1.165, 1.54) is 6.08 Å². The minimum Gasteiger partial charge on any atom is -0.445 e. The minimum absolute atomic E-state index is 0.0954. The van der Waals surface area contributed by atoms with E-state index >= 15 is 0 Å². The summed E-state index contributed by atoms with van der Waals surface area (Å²) < 4.78 is 5.07. The van der Waals surface area contributed by atoms with Gasteiger partial charge < -0.3 is 20.1 Å². The van der Waals surface area contributed by atoms with Crippen LogP contribution in [0.15, 0.2) is 24.3 Å². The van der Waals surface area contributed by atoms with Gasteiger partial charge in [-0.15, -0.1) is 0 Å². The van der Waals surface area contributed by atoms with Gasteiger partial charge in [-0.1, -0.05) is 18.7 Å². The van der Waals surface area contributed by atoms with Gasteiger partial charge in [-0.3, -0.25) is 9.59 Å². The third-order valence-corrected chi connectivity index (χ3v) is 4.73.